The van der Waals surface area contributed by atoms with Gasteiger partial charge in [0.2, 0.25) is 0 Å². The normalized spacial score (nSPS) is 22.1. The molecule has 0 heterocycles. The lowest BCUT2D eigenvalue weighted by Gasteiger charge is -2.37. The fraction of sp³-hybridized carbons (Fsp3) is 0.833. The first-order chi connectivity index (χ1) is 8.12. The largest absolute Gasteiger partial charge is 0.481 e. The molecule has 5 heteroatoms. The van der Waals surface area contributed by atoms with Crippen molar-refractivity contribution in [1.82, 2.24) is 10.6 Å². The van der Waals surface area contributed by atoms with E-state index in [0.29, 0.717) is 25.3 Å². The molecule has 2 fully saturated rings. The van der Waals surface area contributed by atoms with Gasteiger partial charge in [-0.05, 0) is 31.6 Å². The Balaban J connectivity index is 1.66. The predicted octanol–water partition coefficient (Wildman–Crippen LogP) is 1.34. The molecule has 0 aromatic heterocycles. The maximum atomic E-state index is 11.5. The number of carboxylic acids is 1. The van der Waals surface area contributed by atoms with Gasteiger partial charge in [0.05, 0.1) is 5.41 Å². The van der Waals surface area contributed by atoms with E-state index in [-0.39, 0.29) is 12.6 Å². The van der Waals surface area contributed by atoms with Crippen LogP contribution in [0.4, 0.5) is 4.79 Å². The molecule has 2 rings (SSSR count). The lowest BCUT2D eigenvalue weighted by Crippen LogP contribution is -2.50. The average Bonchev–Trinajstić information content (AvgIpc) is 2.12. The molecule has 0 aromatic carbocycles. The molecule has 2 aliphatic rings. The topological polar surface area (TPSA) is 78.4 Å². The van der Waals surface area contributed by atoms with Gasteiger partial charge in [0.1, 0.15) is 0 Å². The minimum absolute atomic E-state index is 0.232. The monoisotopic (exact) mass is 240 g/mol. The molecule has 2 saturated carbocycles. The van der Waals surface area contributed by atoms with E-state index in [1.165, 1.54) is 19.3 Å². The number of carbonyl (C=O) groups is 2. The summed E-state index contributed by atoms with van der Waals surface area (Å²) in [7, 11) is 0. The van der Waals surface area contributed by atoms with Crippen molar-refractivity contribution in [3.05, 3.63) is 0 Å². The fourth-order valence-electron chi connectivity index (χ4n) is 2.32. The minimum atomic E-state index is -0.789. The summed E-state index contributed by atoms with van der Waals surface area (Å²) in [4.78, 5) is 22.5. The summed E-state index contributed by atoms with van der Waals surface area (Å²) in [6, 6.07) is -0.232. The highest BCUT2D eigenvalue weighted by Crippen LogP contribution is 2.40. The smallest absolute Gasteiger partial charge is 0.314 e. The van der Waals surface area contributed by atoms with E-state index in [2.05, 4.69) is 10.6 Å². The van der Waals surface area contributed by atoms with E-state index in [0.717, 1.165) is 6.42 Å². The molecule has 96 valence electrons. The second-order valence-electron chi connectivity index (χ2n) is 5.30. The third kappa shape index (κ3) is 2.70. The van der Waals surface area contributed by atoms with Gasteiger partial charge in [0.15, 0.2) is 0 Å². The number of rotatable bonds is 5. The van der Waals surface area contributed by atoms with Gasteiger partial charge in [-0.2, -0.15) is 0 Å². The number of hydrogen-bond donors (Lipinski definition) is 3. The van der Waals surface area contributed by atoms with Crippen LogP contribution in [0, 0.1) is 11.3 Å². The van der Waals surface area contributed by atoms with Crippen LogP contribution >= 0.6 is 0 Å². The number of carbonyl (C=O) groups excluding carboxylic acids is 1. The second-order valence-corrected chi connectivity index (χ2v) is 5.30. The average molecular weight is 240 g/mol. The van der Waals surface area contributed by atoms with Crippen molar-refractivity contribution in [2.24, 2.45) is 11.3 Å². The van der Waals surface area contributed by atoms with Gasteiger partial charge >= 0.3 is 12.0 Å². The zero-order valence-electron chi connectivity index (χ0n) is 10.00. The second kappa shape index (κ2) is 4.94. The summed E-state index contributed by atoms with van der Waals surface area (Å²) in [6.07, 6.45) is 5.93. The number of carboxylic acid groups (broad SMARTS) is 1. The van der Waals surface area contributed by atoms with Crippen molar-refractivity contribution < 1.29 is 14.7 Å². The molecule has 0 spiro atoms. The molecule has 0 atom stereocenters. The van der Waals surface area contributed by atoms with Crippen molar-refractivity contribution in [3.8, 4) is 0 Å². The minimum Gasteiger partial charge on any atom is -0.481 e. The van der Waals surface area contributed by atoms with Crippen LogP contribution in [0.15, 0.2) is 0 Å². The SMILES string of the molecule is O=C(NCC1CCC1)NCC1(C(=O)O)CCC1. The van der Waals surface area contributed by atoms with Crippen molar-refractivity contribution in [1.29, 1.82) is 0 Å². The summed E-state index contributed by atoms with van der Waals surface area (Å²) in [5.41, 5.74) is -0.701. The maximum absolute atomic E-state index is 11.5. The van der Waals surface area contributed by atoms with Crippen LogP contribution in [0.5, 0.6) is 0 Å². The summed E-state index contributed by atoms with van der Waals surface area (Å²) in [5, 5.41) is 14.6. The van der Waals surface area contributed by atoms with Crippen LogP contribution in [0.25, 0.3) is 0 Å². The van der Waals surface area contributed by atoms with Crippen molar-refractivity contribution in [3.63, 3.8) is 0 Å². The molecular weight excluding hydrogens is 220 g/mol. The Bertz CT molecular complexity index is 309. The van der Waals surface area contributed by atoms with Crippen LogP contribution in [-0.2, 0) is 4.79 Å². The molecule has 0 saturated heterocycles. The van der Waals surface area contributed by atoms with Crippen molar-refractivity contribution in [2.45, 2.75) is 38.5 Å². The zero-order chi connectivity index (χ0) is 12.3. The van der Waals surface area contributed by atoms with Gasteiger partial charge in [0.25, 0.3) is 0 Å². The number of amides is 2. The Morgan fingerprint density at radius 2 is 1.88 bits per heavy atom. The van der Waals surface area contributed by atoms with Gasteiger partial charge in [-0.15, -0.1) is 0 Å². The number of hydrogen-bond acceptors (Lipinski definition) is 2. The lowest BCUT2D eigenvalue weighted by molar-refractivity contribution is -0.153. The number of nitrogens with one attached hydrogen (secondary N) is 2. The van der Waals surface area contributed by atoms with Crippen molar-refractivity contribution in [2.75, 3.05) is 13.1 Å². The fourth-order valence-corrected chi connectivity index (χ4v) is 2.32. The zero-order valence-corrected chi connectivity index (χ0v) is 10.00. The number of urea groups is 1. The first-order valence-corrected chi connectivity index (χ1v) is 6.37. The summed E-state index contributed by atoms with van der Waals surface area (Å²) >= 11 is 0. The third-order valence-corrected chi connectivity index (χ3v) is 4.13. The van der Waals surface area contributed by atoms with Crippen LogP contribution in [-0.4, -0.2) is 30.2 Å². The maximum Gasteiger partial charge on any atom is 0.314 e. The first kappa shape index (κ1) is 12.2. The van der Waals surface area contributed by atoms with Gasteiger partial charge in [-0.3, -0.25) is 4.79 Å². The molecule has 2 amide bonds. The molecule has 0 bridgehead atoms. The predicted molar refractivity (Wildman–Crippen MR) is 62.7 cm³/mol. The molecule has 0 radical (unpaired) electrons. The summed E-state index contributed by atoms with van der Waals surface area (Å²) in [5.74, 6) is -0.166. The van der Waals surface area contributed by atoms with Crippen LogP contribution in [0.2, 0.25) is 0 Å². The Hall–Kier alpha value is -1.26. The van der Waals surface area contributed by atoms with E-state index < -0.39 is 11.4 Å². The Morgan fingerprint density at radius 3 is 2.29 bits per heavy atom. The molecule has 17 heavy (non-hydrogen) atoms. The van der Waals surface area contributed by atoms with Gasteiger partial charge < -0.3 is 15.7 Å². The quantitative estimate of drug-likeness (QED) is 0.678. The number of aliphatic carboxylic acids is 1. The highest BCUT2D eigenvalue weighted by molar-refractivity contribution is 5.78. The van der Waals surface area contributed by atoms with Crippen LogP contribution in [0.1, 0.15) is 38.5 Å². The lowest BCUT2D eigenvalue weighted by atomic mass is 9.69. The molecule has 2 aliphatic carbocycles. The van der Waals surface area contributed by atoms with E-state index in [1.54, 1.807) is 0 Å². The molecular formula is C12H20N2O3. The van der Waals surface area contributed by atoms with E-state index in [4.69, 9.17) is 5.11 Å². The Morgan fingerprint density at radius 1 is 1.18 bits per heavy atom. The first-order valence-electron chi connectivity index (χ1n) is 6.37. The highest BCUT2D eigenvalue weighted by atomic mass is 16.4. The standard InChI is InChI=1S/C12H20N2O3/c15-10(16)12(5-2-6-12)8-14-11(17)13-7-9-3-1-4-9/h9H,1-8H2,(H,15,16)(H2,13,14,17). The molecule has 0 aromatic rings. The van der Waals surface area contributed by atoms with E-state index >= 15 is 0 Å². The highest BCUT2D eigenvalue weighted by Gasteiger charge is 2.44. The summed E-state index contributed by atoms with van der Waals surface area (Å²) < 4.78 is 0. The van der Waals surface area contributed by atoms with E-state index in [9.17, 15) is 9.59 Å². The molecule has 0 unspecified atom stereocenters. The van der Waals surface area contributed by atoms with Crippen molar-refractivity contribution >= 4 is 12.0 Å². The Labute approximate surface area is 101 Å². The molecule has 0 aliphatic heterocycles. The Kier molecular flexibility index (Phi) is 3.54. The van der Waals surface area contributed by atoms with Crippen LogP contribution < -0.4 is 10.6 Å². The summed E-state index contributed by atoms with van der Waals surface area (Å²) in [6.45, 7) is 0.963. The van der Waals surface area contributed by atoms with Crippen LogP contribution in [0.3, 0.4) is 0 Å². The molecule has 5 nitrogen and oxygen atoms in total. The van der Waals surface area contributed by atoms with Gasteiger partial charge in [-0.1, -0.05) is 12.8 Å². The van der Waals surface area contributed by atoms with Gasteiger partial charge in [-0.25, -0.2) is 4.79 Å². The van der Waals surface area contributed by atoms with Gasteiger partial charge in [0, 0.05) is 13.1 Å². The molecule has 3 N–H and O–H groups in total. The van der Waals surface area contributed by atoms with E-state index in [1.807, 2.05) is 0 Å². The third-order valence-electron chi connectivity index (χ3n) is 4.13.